The van der Waals surface area contributed by atoms with Crippen LogP contribution in [0.5, 0.6) is 0 Å². The van der Waals surface area contributed by atoms with Gasteiger partial charge in [0.25, 0.3) is 0 Å². The van der Waals surface area contributed by atoms with E-state index in [-0.39, 0.29) is 5.92 Å². The van der Waals surface area contributed by atoms with Crippen LogP contribution in [0.1, 0.15) is 33.9 Å². The summed E-state index contributed by atoms with van der Waals surface area (Å²) in [6.07, 6.45) is 0.0815. The van der Waals surface area contributed by atoms with Gasteiger partial charge in [0.05, 0.1) is 0 Å². The summed E-state index contributed by atoms with van der Waals surface area (Å²) in [5, 5.41) is 13.4. The van der Waals surface area contributed by atoms with Crippen molar-refractivity contribution in [3.8, 4) is 29.0 Å². The molecular weight excluding hydrogens is 380 g/mol. The molecule has 0 bridgehead atoms. The lowest BCUT2D eigenvalue weighted by Crippen LogP contribution is -2.26. The number of nitriles is 1. The second kappa shape index (κ2) is 8.65. The van der Waals surface area contributed by atoms with E-state index in [1.807, 2.05) is 29.6 Å². The van der Waals surface area contributed by atoms with Gasteiger partial charge in [0.1, 0.15) is 17.6 Å². The highest BCUT2D eigenvalue weighted by Crippen LogP contribution is 2.44. The lowest BCUT2D eigenvalue weighted by Gasteiger charge is -2.14. The fourth-order valence-corrected chi connectivity index (χ4v) is 4.13. The fraction of sp³-hybridized carbons (Fsp3) is 0.167. The van der Waals surface area contributed by atoms with Crippen molar-refractivity contribution >= 4 is 17.4 Å². The summed E-state index contributed by atoms with van der Waals surface area (Å²) in [5.74, 6) is 6.04. The largest absolute Gasteiger partial charge is 0.449 e. The molecule has 0 unspecified atom stereocenters. The van der Waals surface area contributed by atoms with Gasteiger partial charge in [-0.3, -0.25) is 0 Å². The lowest BCUT2D eigenvalue weighted by molar-refractivity contribution is 0.143. The molecule has 1 aliphatic carbocycles. The number of carbonyl (C=O) groups excluding carboxylic acids is 1. The molecule has 1 amide bonds. The fourth-order valence-electron chi connectivity index (χ4n) is 3.50. The number of carbonyl (C=O) groups is 1. The first-order valence-electron chi connectivity index (χ1n) is 9.32. The zero-order chi connectivity index (χ0) is 20.1. The van der Waals surface area contributed by atoms with Crippen LogP contribution in [0.3, 0.4) is 0 Å². The Kier molecular flexibility index (Phi) is 5.61. The minimum absolute atomic E-state index is 0.0564. The van der Waals surface area contributed by atoms with Crippen molar-refractivity contribution in [1.82, 2.24) is 5.32 Å². The Hall–Kier alpha value is -3.54. The molecule has 0 fully saturated rings. The third-order valence-electron chi connectivity index (χ3n) is 4.81. The van der Waals surface area contributed by atoms with Crippen LogP contribution in [-0.2, 0) is 4.74 Å². The third-order valence-corrected chi connectivity index (χ3v) is 5.64. The molecule has 1 aromatic heterocycles. The average Bonchev–Trinajstić information content (AvgIpc) is 3.34. The Morgan fingerprint density at radius 1 is 1.10 bits per heavy atom. The summed E-state index contributed by atoms with van der Waals surface area (Å²) in [6, 6.07) is 20.4. The van der Waals surface area contributed by atoms with E-state index in [1.54, 1.807) is 6.07 Å². The van der Waals surface area contributed by atoms with E-state index in [9.17, 15) is 4.79 Å². The van der Waals surface area contributed by atoms with Gasteiger partial charge in [0.2, 0.25) is 0 Å². The van der Waals surface area contributed by atoms with Crippen molar-refractivity contribution in [2.75, 3.05) is 13.2 Å². The molecule has 0 spiro atoms. The zero-order valence-electron chi connectivity index (χ0n) is 15.6. The SMILES string of the molecule is N#Cc1cc(C#CCCNC(=O)OCC2c3ccccc3-c3ccccc32)cs1. The zero-order valence-corrected chi connectivity index (χ0v) is 16.5. The number of hydrogen-bond donors (Lipinski definition) is 1. The van der Waals surface area contributed by atoms with Gasteiger partial charge in [-0.2, -0.15) is 5.26 Å². The van der Waals surface area contributed by atoms with E-state index in [4.69, 9.17) is 10.00 Å². The van der Waals surface area contributed by atoms with E-state index < -0.39 is 6.09 Å². The molecule has 1 heterocycles. The maximum atomic E-state index is 12.1. The van der Waals surface area contributed by atoms with Crippen LogP contribution in [0.2, 0.25) is 0 Å². The van der Waals surface area contributed by atoms with Crippen LogP contribution in [0.15, 0.2) is 60.0 Å². The number of nitrogens with one attached hydrogen (secondary N) is 1. The highest BCUT2D eigenvalue weighted by Gasteiger charge is 2.28. The van der Waals surface area contributed by atoms with E-state index in [0.717, 1.165) is 5.56 Å². The van der Waals surface area contributed by atoms with Crippen LogP contribution in [0.4, 0.5) is 4.79 Å². The predicted octanol–water partition coefficient (Wildman–Crippen LogP) is 4.90. The summed E-state index contributed by atoms with van der Waals surface area (Å²) in [6.45, 7) is 0.719. The minimum atomic E-state index is -0.434. The smallest absolute Gasteiger partial charge is 0.407 e. The lowest BCUT2D eigenvalue weighted by atomic mass is 9.98. The highest BCUT2D eigenvalue weighted by atomic mass is 32.1. The molecule has 0 saturated heterocycles. The summed E-state index contributed by atoms with van der Waals surface area (Å²) in [4.78, 5) is 12.7. The Morgan fingerprint density at radius 2 is 1.79 bits per heavy atom. The first kappa shape index (κ1) is 18.8. The quantitative estimate of drug-likeness (QED) is 0.502. The van der Waals surface area contributed by atoms with Crippen molar-refractivity contribution in [3.05, 3.63) is 81.5 Å². The number of amides is 1. The van der Waals surface area contributed by atoms with Gasteiger partial charge in [-0.1, -0.05) is 60.4 Å². The van der Waals surface area contributed by atoms with Gasteiger partial charge >= 0.3 is 6.09 Å². The summed E-state index contributed by atoms with van der Waals surface area (Å²) >= 11 is 1.37. The number of fused-ring (bicyclic) bond motifs is 3. The van der Waals surface area contributed by atoms with Crippen LogP contribution in [0, 0.1) is 23.2 Å². The number of thiophene rings is 1. The molecular formula is C24H18N2O2S. The third kappa shape index (κ3) is 4.16. The van der Waals surface area contributed by atoms with E-state index in [2.05, 4.69) is 47.5 Å². The Labute approximate surface area is 173 Å². The molecule has 4 rings (SSSR count). The van der Waals surface area contributed by atoms with Crippen molar-refractivity contribution in [2.24, 2.45) is 0 Å². The van der Waals surface area contributed by atoms with Gasteiger partial charge < -0.3 is 10.1 Å². The summed E-state index contributed by atoms with van der Waals surface area (Å²) in [5.41, 5.74) is 5.63. The Morgan fingerprint density at radius 3 is 2.45 bits per heavy atom. The molecule has 142 valence electrons. The van der Waals surface area contributed by atoms with Crippen LogP contribution >= 0.6 is 11.3 Å². The highest BCUT2D eigenvalue weighted by molar-refractivity contribution is 7.10. The number of ether oxygens (including phenoxy) is 1. The van der Waals surface area contributed by atoms with Gasteiger partial charge in [0, 0.05) is 29.8 Å². The molecule has 5 heteroatoms. The monoisotopic (exact) mass is 398 g/mol. The number of benzene rings is 2. The molecule has 0 atom stereocenters. The van der Waals surface area contributed by atoms with Gasteiger partial charge in [0.15, 0.2) is 0 Å². The van der Waals surface area contributed by atoms with Crippen LogP contribution < -0.4 is 5.32 Å². The average molecular weight is 398 g/mol. The second-order valence-electron chi connectivity index (χ2n) is 6.62. The van der Waals surface area contributed by atoms with E-state index in [0.29, 0.717) is 24.4 Å². The van der Waals surface area contributed by atoms with Crippen molar-refractivity contribution in [1.29, 1.82) is 5.26 Å². The molecule has 0 saturated carbocycles. The maximum absolute atomic E-state index is 12.1. The molecule has 0 radical (unpaired) electrons. The number of hydrogen-bond acceptors (Lipinski definition) is 4. The maximum Gasteiger partial charge on any atom is 0.407 e. The normalized spacial score (nSPS) is 11.6. The van der Waals surface area contributed by atoms with Crippen molar-refractivity contribution < 1.29 is 9.53 Å². The molecule has 0 aliphatic heterocycles. The van der Waals surface area contributed by atoms with Crippen LogP contribution in [0.25, 0.3) is 11.1 Å². The first-order valence-corrected chi connectivity index (χ1v) is 10.2. The molecule has 1 N–H and O–H groups in total. The summed E-state index contributed by atoms with van der Waals surface area (Å²) < 4.78 is 5.49. The number of rotatable bonds is 4. The molecule has 3 aromatic rings. The molecule has 4 nitrogen and oxygen atoms in total. The second-order valence-corrected chi connectivity index (χ2v) is 7.53. The topological polar surface area (TPSA) is 62.1 Å². The van der Waals surface area contributed by atoms with Crippen molar-refractivity contribution in [3.63, 3.8) is 0 Å². The molecule has 2 aromatic carbocycles. The Balaban J connectivity index is 1.29. The summed E-state index contributed by atoms with van der Waals surface area (Å²) in [7, 11) is 0. The molecule has 1 aliphatic rings. The molecule has 29 heavy (non-hydrogen) atoms. The predicted molar refractivity (Wildman–Crippen MR) is 114 cm³/mol. The van der Waals surface area contributed by atoms with Gasteiger partial charge in [-0.15, -0.1) is 11.3 Å². The van der Waals surface area contributed by atoms with Gasteiger partial charge in [-0.25, -0.2) is 4.79 Å². The van der Waals surface area contributed by atoms with Gasteiger partial charge in [-0.05, 0) is 28.3 Å². The standard InChI is InChI=1S/C24H18N2O2S/c25-14-18-13-17(16-29-18)7-5-6-12-26-24(27)28-15-23-21-10-3-1-8-19(21)20-9-2-4-11-22(20)23/h1-4,8-11,13,16,23H,6,12,15H2,(H,26,27). The van der Waals surface area contributed by atoms with E-state index in [1.165, 1.54) is 33.6 Å². The minimum Gasteiger partial charge on any atom is -0.449 e. The number of alkyl carbamates (subject to hydrolysis) is 1. The number of nitrogens with zero attached hydrogens (tertiary/aromatic N) is 1. The Bertz CT molecular complexity index is 1100. The van der Waals surface area contributed by atoms with Crippen molar-refractivity contribution in [2.45, 2.75) is 12.3 Å². The van der Waals surface area contributed by atoms with E-state index >= 15 is 0 Å². The first-order chi connectivity index (χ1) is 14.3. The van der Waals surface area contributed by atoms with Crippen LogP contribution in [-0.4, -0.2) is 19.2 Å².